The summed E-state index contributed by atoms with van der Waals surface area (Å²) in [4.78, 5) is 20.7. The van der Waals surface area contributed by atoms with Gasteiger partial charge in [0, 0.05) is 45.3 Å². The Morgan fingerprint density at radius 1 is 1.04 bits per heavy atom. The number of piperazine rings is 1. The topological polar surface area (TPSA) is 48.5 Å². The lowest BCUT2D eigenvalue weighted by Gasteiger charge is -2.35. The number of halogens is 3. The Kier molecular flexibility index (Phi) is 5.95. The molecule has 0 saturated carbocycles. The summed E-state index contributed by atoms with van der Waals surface area (Å²) in [6, 6.07) is 10.8. The van der Waals surface area contributed by atoms with Gasteiger partial charge in [-0.05, 0) is 24.3 Å². The van der Waals surface area contributed by atoms with Gasteiger partial charge in [-0.25, -0.2) is 4.98 Å². The minimum atomic E-state index is -4.49. The number of pyridine rings is 1. The average Bonchev–Trinajstić information content (AvgIpc) is 2.67. The number of anilines is 2. The number of carbonyl (C=O) groups excluding carboxylic acids is 1. The molecule has 2 heterocycles. The highest BCUT2D eigenvalue weighted by atomic mass is 19.4. The predicted molar refractivity (Wildman–Crippen MR) is 97.6 cm³/mol. The lowest BCUT2D eigenvalue weighted by molar-refractivity contribution is -0.137. The Labute approximate surface area is 155 Å². The first-order valence-electron chi connectivity index (χ1n) is 8.78. The van der Waals surface area contributed by atoms with Crippen molar-refractivity contribution in [1.29, 1.82) is 0 Å². The van der Waals surface area contributed by atoms with Crippen molar-refractivity contribution < 1.29 is 18.0 Å². The van der Waals surface area contributed by atoms with E-state index in [0.717, 1.165) is 38.1 Å². The molecule has 8 heteroatoms. The zero-order valence-corrected chi connectivity index (χ0v) is 14.7. The number of carbonyl (C=O) groups is 1. The van der Waals surface area contributed by atoms with Crippen LogP contribution in [0.3, 0.4) is 0 Å². The lowest BCUT2D eigenvalue weighted by Crippen LogP contribution is -2.47. The number of nitrogens with one attached hydrogen (secondary N) is 1. The summed E-state index contributed by atoms with van der Waals surface area (Å²) >= 11 is 0. The van der Waals surface area contributed by atoms with Crippen LogP contribution in [-0.2, 0) is 11.0 Å². The molecule has 1 fully saturated rings. The quantitative estimate of drug-likeness (QED) is 0.868. The molecular weight excluding hydrogens is 357 g/mol. The fourth-order valence-electron chi connectivity index (χ4n) is 3.05. The van der Waals surface area contributed by atoms with E-state index in [0.29, 0.717) is 6.54 Å². The van der Waals surface area contributed by atoms with Crippen LogP contribution in [0.15, 0.2) is 48.7 Å². The van der Waals surface area contributed by atoms with Crippen molar-refractivity contribution in [3.05, 3.63) is 54.2 Å². The Hall–Kier alpha value is -2.61. The minimum absolute atomic E-state index is 0.149. The first-order valence-corrected chi connectivity index (χ1v) is 8.78. The third-order valence-corrected chi connectivity index (χ3v) is 4.51. The maximum atomic E-state index is 13.0. The average molecular weight is 378 g/mol. The molecule has 1 aliphatic rings. The van der Waals surface area contributed by atoms with Crippen molar-refractivity contribution in [3.63, 3.8) is 0 Å². The number of hydrogen-bond donors (Lipinski definition) is 1. The number of nitrogens with zero attached hydrogens (tertiary/aromatic N) is 3. The molecule has 5 nitrogen and oxygen atoms in total. The fraction of sp³-hybridized carbons (Fsp3) is 0.368. The standard InChI is InChI=1S/C19H21F3N4O/c20-19(21,22)15-5-1-2-6-16(15)24-18(27)8-10-25-11-13-26(14-12-25)17-7-3-4-9-23-17/h1-7,9H,8,10-14H2,(H,24,27). The molecule has 0 spiro atoms. The van der Waals surface area contributed by atoms with Gasteiger partial charge in [-0.2, -0.15) is 13.2 Å². The molecule has 0 aliphatic carbocycles. The van der Waals surface area contributed by atoms with E-state index in [2.05, 4.69) is 20.1 Å². The summed E-state index contributed by atoms with van der Waals surface area (Å²) in [5.41, 5.74) is -1.03. The molecule has 1 aromatic carbocycles. The molecule has 144 valence electrons. The summed E-state index contributed by atoms with van der Waals surface area (Å²) in [5.74, 6) is 0.512. The van der Waals surface area contributed by atoms with Crippen molar-refractivity contribution in [1.82, 2.24) is 9.88 Å². The Morgan fingerprint density at radius 2 is 1.74 bits per heavy atom. The number of rotatable bonds is 5. The zero-order chi connectivity index (χ0) is 19.3. The van der Waals surface area contributed by atoms with E-state index in [4.69, 9.17) is 0 Å². The number of alkyl halides is 3. The largest absolute Gasteiger partial charge is 0.418 e. The number of amides is 1. The van der Waals surface area contributed by atoms with Crippen molar-refractivity contribution in [3.8, 4) is 0 Å². The van der Waals surface area contributed by atoms with Gasteiger partial charge in [-0.1, -0.05) is 18.2 Å². The van der Waals surface area contributed by atoms with Gasteiger partial charge in [0.15, 0.2) is 0 Å². The Balaban J connectivity index is 1.47. The van der Waals surface area contributed by atoms with E-state index < -0.39 is 17.6 Å². The molecule has 0 unspecified atom stereocenters. The highest BCUT2D eigenvalue weighted by Gasteiger charge is 2.33. The van der Waals surface area contributed by atoms with E-state index in [-0.39, 0.29) is 12.1 Å². The molecule has 1 aliphatic heterocycles. The van der Waals surface area contributed by atoms with Crippen LogP contribution in [0.2, 0.25) is 0 Å². The van der Waals surface area contributed by atoms with Gasteiger partial charge < -0.3 is 10.2 Å². The monoisotopic (exact) mass is 378 g/mol. The summed E-state index contributed by atoms with van der Waals surface area (Å²) in [7, 11) is 0. The van der Waals surface area contributed by atoms with Gasteiger partial charge in [-0.3, -0.25) is 9.69 Å². The molecule has 27 heavy (non-hydrogen) atoms. The molecule has 1 saturated heterocycles. The number of benzene rings is 1. The second kappa shape index (κ2) is 8.39. The molecule has 0 bridgehead atoms. The zero-order valence-electron chi connectivity index (χ0n) is 14.7. The van der Waals surface area contributed by atoms with E-state index >= 15 is 0 Å². The Morgan fingerprint density at radius 3 is 2.41 bits per heavy atom. The summed E-state index contributed by atoms with van der Waals surface area (Å²) in [5, 5.41) is 2.39. The number of aromatic nitrogens is 1. The highest BCUT2D eigenvalue weighted by molar-refractivity contribution is 5.91. The molecule has 1 aromatic heterocycles. The predicted octanol–water partition coefficient (Wildman–Crippen LogP) is 3.25. The molecule has 1 amide bonds. The van der Waals surface area contributed by atoms with Gasteiger partial charge in [0.1, 0.15) is 5.82 Å². The second-order valence-electron chi connectivity index (χ2n) is 6.36. The van der Waals surface area contributed by atoms with Crippen LogP contribution in [0, 0.1) is 0 Å². The van der Waals surface area contributed by atoms with Gasteiger partial charge in [-0.15, -0.1) is 0 Å². The number of para-hydroxylation sites is 1. The normalized spacial score (nSPS) is 15.6. The maximum absolute atomic E-state index is 13.0. The highest BCUT2D eigenvalue weighted by Crippen LogP contribution is 2.34. The van der Waals surface area contributed by atoms with Crippen LogP contribution in [0.1, 0.15) is 12.0 Å². The van der Waals surface area contributed by atoms with Gasteiger partial charge in [0.05, 0.1) is 11.3 Å². The fourth-order valence-corrected chi connectivity index (χ4v) is 3.05. The molecule has 0 atom stereocenters. The first-order chi connectivity index (χ1) is 12.9. The van der Waals surface area contributed by atoms with Crippen molar-refractivity contribution in [2.24, 2.45) is 0 Å². The molecular formula is C19H21F3N4O. The van der Waals surface area contributed by atoms with Crippen molar-refractivity contribution in [2.75, 3.05) is 42.9 Å². The van der Waals surface area contributed by atoms with Gasteiger partial charge in [0.25, 0.3) is 0 Å². The van der Waals surface area contributed by atoms with Crippen LogP contribution < -0.4 is 10.2 Å². The number of hydrogen-bond acceptors (Lipinski definition) is 4. The summed E-state index contributed by atoms with van der Waals surface area (Å²) in [6.07, 6.45) is -2.59. The second-order valence-corrected chi connectivity index (χ2v) is 6.36. The van der Waals surface area contributed by atoms with Crippen LogP contribution in [-0.4, -0.2) is 48.5 Å². The molecule has 2 aromatic rings. The van der Waals surface area contributed by atoms with E-state index in [9.17, 15) is 18.0 Å². The third-order valence-electron chi connectivity index (χ3n) is 4.51. The first kappa shape index (κ1) is 19.2. The SMILES string of the molecule is O=C(CCN1CCN(c2ccccn2)CC1)Nc1ccccc1C(F)(F)F. The van der Waals surface area contributed by atoms with Crippen LogP contribution in [0.4, 0.5) is 24.7 Å². The van der Waals surface area contributed by atoms with Crippen LogP contribution >= 0.6 is 0 Å². The smallest absolute Gasteiger partial charge is 0.354 e. The van der Waals surface area contributed by atoms with E-state index in [1.165, 1.54) is 18.2 Å². The van der Waals surface area contributed by atoms with Gasteiger partial charge in [0.2, 0.25) is 5.91 Å². The summed E-state index contributed by atoms with van der Waals surface area (Å²) in [6.45, 7) is 3.67. The molecule has 1 N–H and O–H groups in total. The van der Waals surface area contributed by atoms with Gasteiger partial charge >= 0.3 is 6.18 Å². The Bertz CT molecular complexity index is 759. The van der Waals surface area contributed by atoms with E-state index in [1.807, 2.05) is 18.2 Å². The van der Waals surface area contributed by atoms with Crippen LogP contribution in [0.5, 0.6) is 0 Å². The molecule has 3 rings (SSSR count). The van der Waals surface area contributed by atoms with Crippen LogP contribution in [0.25, 0.3) is 0 Å². The molecule has 0 radical (unpaired) electrons. The maximum Gasteiger partial charge on any atom is 0.418 e. The van der Waals surface area contributed by atoms with Crippen molar-refractivity contribution in [2.45, 2.75) is 12.6 Å². The summed E-state index contributed by atoms with van der Waals surface area (Å²) < 4.78 is 38.9. The van der Waals surface area contributed by atoms with Crippen molar-refractivity contribution >= 4 is 17.4 Å². The lowest BCUT2D eigenvalue weighted by atomic mass is 10.1. The third kappa shape index (κ3) is 5.19. The van der Waals surface area contributed by atoms with E-state index in [1.54, 1.807) is 6.20 Å². The minimum Gasteiger partial charge on any atom is -0.354 e.